The average Bonchev–Trinajstić information content (AvgIpc) is 2.43. The highest BCUT2D eigenvalue weighted by atomic mass is 32.2. The lowest BCUT2D eigenvalue weighted by Crippen LogP contribution is -2.11. The van der Waals surface area contributed by atoms with Gasteiger partial charge in [-0.25, -0.2) is 0 Å². The van der Waals surface area contributed by atoms with E-state index in [0.29, 0.717) is 19.8 Å². The largest absolute Gasteiger partial charge is 0.382 e. The third kappa shape index (κ3) is 5.37. The van der Waals surface area contributed by atoms with Crippen LogP contribution in [-0.2, 0) is 4.74 Å². The molecule has 19 heavy (non-hydrogen) atoms. The number of ether oxygens (including phenoxy) is 1. The number of rotatable bonds is 9. The molecule has 0 amide bonds. The van der Waals surface area contributed by atoms with Crippen molar-refractivity contribution in [1.29, 1.82) is 5.26 Å². The van der Waals surface area contributed by atoms with E-state index >= 15 is 0 Å². The molecule has 1 aromatic carbocycles. The average molecular weight is 276 g/mol. The molecule has 0 spiro atoms. The predicted octanol–water partition coefficient (Wildman–Crippen LogP) is 3.67. The Morgan fingerprint density at radius 2 is 2.32 bits per heavy atom. The van der Waals surface area contributed by atoms with Gasteiger partial charge in [0.2, 0.25) is 0 Å². The fourth-order valence-corrected chi connectivity index (χ4v) is 2.38. The Morgan fingerprint density at radius 3 is 3.00 bits per heavy atom. The molecular formula is C15H20N2OS. The van der Waals surface area contributed by atoms with Gasteiger partial charge in [0.25, 0.3) is 0 Å². The summed E-state index contributed by atoms with van der Waals surface area (Å²) in [4.78, 5) is 1.03. The topological polar surface area (TPSA) is 45.0 Å². The van der Waals surface area contributed by atoms with Crippen LogP contribution in [0.15, 0.2) is 35.7 Å². The Labute approximate surface area is 119 Å². The molecule has 0 aliphatic heterocycles. The summed E-state index contributed by atoms with van der Waals surface area (Å²) in [7, 11) is 0. The van der Waals surface area contributed by atoms with Gasteiger partial charge in [-0.15, -0.1) is 18.3 Å². The summed E-state index contributed by atoms with van der Waals surface area (Å²) in [5.74, 6) is 0.961. The molecule has 0 fully saturated rings. The molecule has 0 radical (unpaired) electrons. The van der Waals surface area contributed by atoms with Crippen LogP contribution in [0.2, 0.25) is 0 Å². The fraction of sp³-hybridized carbons (Fsp3) is 0.400. The monoisotopic (exact) mass is 276 g/mol. The van der Waals surface area contributed by atoms with E-state index in [9.17, 15) is 5.26 Å². The SMILES string of the molecule is C=CCCOCCNc1cccc(SCC)c1C#N. The van der Waals surface area contributed by atoms with E-state index in [0.717, 1.165) is 28.3 Å². The van der Waals surface area contributed by atoms with E-state index in [-0.39, 0.29) is 0 Å². The Hall–Kier alpha value is -1.44. The van der Waals surface area contributed by atoms with Crippen molar-refractivity contribution in [1.82, 2.24) is 0 Å². The van der Waals surface area contributed by atoms with Gasteiger partial charge in [-0.05, 0) is 24.3 Å². The van der Waals surface area contributed by atoms with E-state index in [1.54, 1.807) is 11.8 Å². The van der Waals surface area contributed by atoms with Gasteiger partial charge in [0.05, 0.1) is 24.5 Å². The zero-order chi connectivity index (χ0) is 13.9. The molecule has 0 aromatic heterocycles. The van der Waals surface area contributed by atoms with Gasteiger partial charge in [-0.2, -0.15) is 5.26 Å². The lowest BCUT2D eigenvalue weighted by molar-refractivity contribution is 0.149. The number of nitrogens with one attached hydrogen (secondary N) is 1. The molecule has 3 nitrogen and oxygen atoms in total. The second-order valence-electron chi connectivity index (χ2n) is 3.84. The lowest BCUT2D eigenvalue weighted by atomic mass is 10.2. The second kappa shape index (κ2) is 9.48. The van der Waals surface area contributed by atoms with Crippen molar-refractivity contribution in [3.63, 3.8) is 0 Å². The molecule has 0 heterocycles. The molecule has 0 atom stereocenters. The van der Waals surface area contributed by atoms with Crippen molar-refractivity contribution >= 4 is 17.4 Å². The summed E-state index contributed by atoms with van der Waals surface area (Å²) in [5, 5.41) is 12.5. The number of nitrogens with zero attached hydrogens (tertiary/aromatic N) is 1. The third-order valence-electron chi connectivity index (χ3n) is 2.47. The van der Waals surface area contributed by atoms with Gasteiger partial charge in [0, 0.05) is 11.4 Å². The van der Waals surface area contributed by atoms with E-state index < -0.39 is 0 Å². The first-order chi connectivity index (χ1) is 9.33. The van der Waals surface area contributed by atoms with Crippen LogP contribution in [0.5, 0.6) is 0 Å². The maximum atomic E-state index is 9.25. The Kier molecular flexibility index (Phi) is 7.80. The zero-order valence-electron chi connectivity index (χ0n) is 11.3. The predicted molar refractivity (Wildman–Crippen MR) is 81.7 cm³/mol. The van der Waals surface area contributed by atoms with E-state index in [1.807, 2.05) is 24.3 Å². The van der Waals surface area contributed by atoms with Crippen LogP contribution in [0, 0.1) is 11.3 Å². The van der Waals surface area contributed by atoms with Crippen molar-refractivity contribution in [3.8, 4) is 6.07 Å². The standard InChI is InChI=1S/C15H20N2OS/c1-3-5-10-18-11-9-17-14-7-6-8-15(19-4-2)13(14)12-16/h3,6-8,17H,1,4-5,9-11H2,2H3. The van der Waals surface area contributed by atoms with Crippen molar-refractivity contribution in [2.24, 2.45) is 0 Å². The highest BCUT2D eigenvalue weighted by molar-refractivity contribution is 7.99. The molecule has 0 aliphatic rings. The van der Waals surface area contributed by atoms with Gasteiger partial charge in [0.1, 0.15) is 6.07 Å². The quantitative estimate of drug-likeness (QED) is 0.424. The third-order valence-corrected chi connectivity index (χ3v) is 3.41. The van der Waals surface area contributed by atoms with Crippen molar-refractivity contribution < 1.29 is 4.74 Å². The summed E-state index contributed by atoms with van der Waals surface area (Å²) in [6.07, 6.45) is 2.71. The Morgan fingerprint density at radius 1 is 1.47 bits per heavy atom. The number of anilines is 1. The van der Waals surface area contributed by atoms with Crippen molar-refractivity contribution in [3.05, 3.63) is 36.4 Å². The van der Waals surface area contributed by atoms with E-state index in [1.165, 1.54) is 0 Å². The van der Waals surface area contributed by atoms with Gasteiger partial charge < -0.3 is 10.1 Å². The molecule has 0 bridgehead atoms. The number of hydrogen-bond acceptors (Lipinski definition) is 4. The number of benzene rings is 1. The maximum absolute atomic E-state index is 9.25. The van der Waals surface area contributed by atoms with E-state index in [2.05, 4.69) is 24.9 Å². The van der Waals surface area contributed by atoms with Crippen LogP contribution < -0.4 is 5.32 Å². The number of hydrogen-bond donors (Lipinski definition) is 1. The highest BCUT2D eigenvalue weighted by Crippen LogP contribution is 2.27. The van der Waals surface area contributed by atoms with Crippen LogP contribution in [-0.4, -0.2) is 25.5 Å². The summed E-state index contributed by atoms with van der Waals surface area (Å²) >= 11 is 1.69. The molecule has 1 aromatic rings. The minimum absolute atomic E-state index is 0.629. The first kappa shape index (κ1) is 15.6. The summed E-state index contributed by atoms with van der Waals surface area (Å²) in [5.41, 5.74) is 1.61. The molecule has 1 N–H and O–H groups in total. The molecule has 102 valence electrons. The van der Waals surface area contributed by atoms with Crippen LogP contribution in [0.4, 0.5) is 5.69 Å². The Bertz CT molecular complexity index is 440. The Balaban J connectivity index is 2.51. The molecule has 4 heteroatoms. The van der Waals surface area contributed by atoms with Gasteiger partial charge in [0.15, 0.2) is 0 Å². The second-order valence-corrected chi connectivity index (χ2v) is 5.15. The molecular weight excluding hydrogens is 256 g/mol. The van der Waals surface area contributed by atoms with E-state index in [4.69, 9.17) is 4.74 Å². The van der Waals surface area contributed by atoms with Gasteiger partial charge in [-0.1, -0.05) is 19.1 Å². The molecule has 0 saturated heterocycles. The summed E-state index contributed by atoms with van der Waals surface area (Å²) < 4.78 is 5.43. The van der Waals surface area contributed by atoms with Crippen LogP contribution in [0.1, 0.15) is 18.9 Å². The normalized spacial score (nSPS) is 9.89. The summed E-state index contributed by atoms with van der Waals surface area (Å²) in [6.45, 7) is 7.75. The molecule has 0 aliphatic carbocycles. The molecule has 1 rings (SSSR count). The minimum Gasteiger partial charge on any atom is -0.382 e. The highest BCUT2D eigenvalue weighted by Gasteiger charge is 2.07. The van der Waals surface area contributed by atoms with Crippen LogP contribution in [0.3, 0.4) is 0 Å². The van der Waals surface area contributed by atoms with Crippen LogP contribution >= 0.6 is 11.8 Å². The van der Waals surface area contributed by atoms with Gasteiger partial charge >= 0.3 is 0 Å². The smallest absolute Gasteiger partial charge is 0.102 e. The van der Waals surface area contributed by atoms with Crippen LogP contribution in [0.25, 0.3) is 0 Å². The summed E-state index contributed by atoms with van der Waals surface area (Å²) in [6, 6.07) is 8.16. The number of thioether (sulfide) groups is 1. The zero-order valence-corrected chi connectivity index (χ0v) is 12.1. The lowest BCUT2D eigenvalue weighted by Gasteiger charge is -2.11. The van der Waals surface area contributed by atoms with Crippen molar-refractivity contribution in [2.75, 3.05) is 30.8 Å². The maximum Gasteiger partial charge on any atom is 0.102 e. The minimum atomic E-state index is 0.629. The first-order valence-corrected chi connectivity index (χ1v) is 7.40. The fourth-order valence-electron chi connectivity index (χ4n) is 1.60. The number of nitriles is 1. The molecule has 0 unspecified atom stereocenters. The van der Waals surface area contributed by atoms with Crippen molar-refractivity contribution in [2.45, 2.75) is 18.2 Å². The first-order valence-electron chi connectivity index (χ1n) is 6.41. The van der Waals surface area contributed by atoms with Gasteiger partial charge in [-0.3, -0.25) is 0 Å². The molecule has 0 saturated carbocycles.